The molecule has 4 heteroatoms. The molecule has 2 aromatic carbocycles. The number of hydrogen-bond acceptors (Lipinski definition) is 2. The van der Waals surface area contributed by atoms with Crippen molar-refractivity contribution in [3.63, 3.8) is 0 Å². The van der Waals surface area contributed by atoms with Crippen molar-refractivity contribution in [1.29, 1.82) is 0 Å². The van der Waals surface area contributed by atoms with Crippen LogP contribution in [0.5, 0.6) is 0 Å². The molecule has 4 aromatic rings. The van der Waals surface area contributed by atoms with E-state index in [1.165, 1.54) is 5.56 Å². The van der Waals surface area contributed by atoms with E-state index < -0.39 is 5.91 Å². The number of H-pyrrole nitrogens is 1. The Balaban J connectivity index is 1.98. The number of rotatable bonds is 3. The lowest BCUT2D eigenvalue weighted by atomic mass is 9.99. The molecule has 0 saturated heterocycles. The van der Waals surface area contributed by atoms with Crippen LogP contribution in [0.25, 0.3) is 33.3 Å². The fourth-order valence-electron chi connectivity index (χ4n) is 3.10. The predicted octanol–water partition coefficient (Wildman–Crippen LogP) is 4.30. The fraction of sp³-hybridized carbons (Fsp3) is 0.0476. The highest BCUT2D eigenvalue weighted by atomic mass is 16.1. The number of amides is 1. The average Bonchev–Trinajstić information content (AvgIpc) is 3.07. The van der Waals surface area contributed by atoms with E-state index in [2.05, 4.69) is 47.2 Å². The summed E-state index contributed by atoms with van der Waals surface area (Å²) in [4.78, 5) is 19.3. The van der Waals surface area contributed by atoms with Gasteiger partial charge < -0.3 is 10.7 Å². The van der Waals surface area contributed by atoms with Crippen LogP contribution < -0.4 is 5.73 Å². The Morgan fingerprint density at radius 3 is 2.36 bits per heavy atom. The number of primary amides is 1. The summed E-state index contributed by atoms with van der Waals surface area (Å²) in [6, 6.07) is 18.0. The lowest BCUT2D eigenvalue weighted by Crippen LogP contribution is -2.11. The molecule has 0 radical (unpaired) electrons. The Kier molecular flexibility index (Phi) is 3.58. The lowest BCUT2D eigenvalue weighted by molar-refractivity contribution is 0.100. The zero-order chi connectivity index (χ0) is 17.4. The largest absolute Gasteiger partial charge is 0.366 e. The third-order valence-electron chi connectivity index (χ3n) is 4.41. The first-order chi connectivity index (χ1) is 12.1. The van der Waals surface area contributed by atoms with Crippen LogP contribution in [0.1, 0.15) is 15.9 Å². The van der Waals surface area contributed by atoms with Gasteiger partial charge in [0.15, 0.2) is 0 Å². The van der Waals surface area contributed by atoms with E-state index in [9.17, 15) is 4.79 Å². The van der Waals surface area contributed by atoms with Gasteiger partial charge in [-0.25, -0.2) is 0 Å². The highest BCUT2D eigenvalue weighted by Gasteiger charge is 2.15. The minimum absolute atomic E-state index is 0.441. The third kappa shape index (κ3) is 2.68. The smallest absolute Gasteiger partial charge is 0.250 e. The summed E-state index contributed by atoms with van der Waals surface area (Å²) in [5.41, 5.74) is 12.1. The van der Waals surface area contributed by atoms with E-state index >= 15 is 0 Å². The van der Waals surface area contributed by atoms with E-state index in [1.54, 1.807) is 18.5 Å². The number of nitrogens with one attached hydrogen (secondary N) is 1. The predicted molar refractivity (Wildman–Crippen MR) is 100 cm³/mol. The molecule has 3 N–H and O–H groups in total. The lowest BCUT2D eigenvalue weighted by Gasteiger charge is -2.06. The van der Waals surface area contributed by atoms with Crippen molar-refractivity contribution in [3.8, 4) is 22.4 Å². The van der Waals surface area contributed by atoms with E-state index in [4.69, 9.17) is 5.73 Å². The average molecular weight is 327 g/mol. The number of aromatic nitrogens is 2. The van der Waals surface area contributed by atoms with Gasteiger partial charge in [-0.3, -0.25) is 9.78 Å². The van der Waals surface area contributed by atoms with Gasteiger partial charge in [-0.1, -0.05) is 35.9 Å². The Labute approximate surface area is 145 Å². The van der Waals surface area contributed by atoms with Gasteiger partial charge >= 0.3 is 0 Å². The topological polar surface area (TPSA) is 71.8 Å². The number of benzene rings is 2. The monoisotopic (exact) mass is 327 g/mol. The van der Waals surface area contributed by atoms with Gasteiger partial charge in [-0.2, -0.15) is 0 Å². The first-order valence-electron chi connectivity index (χ1n) is 8.06. The highest BCUT2D eigenvalue weighted by molar-refractivity contribution is 6.10. The van der Waals surface area contributed by atoms with Gasteiger partial charge in [0.25, 0.3) is 5.91 Å². The van der Waals surface area contributed by atoms with Crippen LogP contribution in [-0.4, -0.2) is 15.9 Å². The van der Waals surface area contributed by atoms with Crippen LogP contribution >= 0.6 is 0 Å². The summed E-state index contributed by atoms with van der Waals surface area (Å²) >= 11 is 0. The van der Waals surface area contributed by atoms with Gasteiger partial charge in [-0.15, -0.1) is 0 Å². The van der Waals surface area contributed by atoms with Crippen molar-refractivity contribution in [1.82, 2.24) is 9.97 Å². The minimum atomic E-state index is -0.441. The number of nitrogens with two attached hydrogens (primary N) is 1. The molecule has 0 bridgehead atoms. The molecule has 0 atom stereocenters. The summed E-state index contributed by atoms with van der Waals surface area (Å²) in [5, 5.41) is 0.970. The van der Waals surface area contributed by atoms with Crippen molar-refractivity contribution in [2.45, 2.75) is 6.92 Å². The van der Waals surface area contributed by atoms with Crippen molar-refractivity contribution in [2.24, 2.45) is 5.73 Å². The number of carbonyl (C=O) groups is 1. The van der Waals surface area contributed by atoms with Crippen LogP contribution in [0.4, 0.5) is 0 Å². The summed E-state index contributed by atoms with van der Waals surface area (Å²) in [6.07, 6.45) is 3.52. The number of nitrogens with zero attached hydrogens (tertiary/aromatic N) is 1. The molecule has 0 saturated carbocycles. The maximum absolute atomic E-state index is 11.8. The van der Waals surface area contributed by atoms with Crippen molar-refractivity contribution >= 4 is 16.8 Å². The summed E-state index contributed by atoms with van der Waals surface area (Å²) < 4.78 is 0. The van der Waals surface area contributed by atoms with Crippen LogP contribution in [0.2, 0.25) is 0 Å². The van der Waals surface area contributed by atoms with Gasteiger partial charge in [0, 0.05) is 23.5 Å². The molecule has 0 unspecified atom stereocenters. The fourth-order valence-corrected chi connectivity index (χ4v) is 3.10. The molecule has 122 valence electrons. The summed E-state index contributed by atoms with van der Waals surface area (Å²) in [7, 11) is 0. The van der Waals surface area contributed by atoms with Gasteiger partial charge in [0.2, 0.25) is 0 Å². The summed E-state index contributed by atoms with van der Waals surface area (Å²) in [6.45, 7) is 2.06. The van der Waals surface area contributed by atoms with Crippen molar-refractivity contribution in [2.75, 3.05) is 0 Å². The molecule has 0 aliphatic carbocycles. The SMILES string of the molecule is Cc1ccc(-c2cc3c(-c4ccncc4)ccc(C(N)=O)c3[nH]2)cc1. The number of hydrogen-bond donors (Lipinski definition) is 2. The molecular formula is C21H17N3O. The molecule has 1 amide bonds. The van der Waals surface area contributed by atoms with E-state index in [0.717, 1.165) is 33.3 Å². The quantitative estimate of drug-likeness (QED) is 0.589. The Morgan fingerprint density at radius 1 is 0.960 bits per heavy atom. The van der Waals surface area contributed by atoms with Crippen LogP contribution in [0.15, 0.2) is 67.0 Å². The van der Waals surface area contributed by atoms with Gasteiger partial charge in [0.1, 0.15) is 0 Å². The second-order valence-electron chi connectivity index (χ2n) is 6.10. The Bertz CT molecular complexity index is 1060. The minimum Gasteiger partial charge on any atom is -0.366 e. The summed E-state index contributed by atoms with van der Waals surface area (Å²) in [5.74, 6) is -0.441. The highest BCUT2D eigenvalue weighted by Crippen LogP contribution is 2.34. The molecule has 4 rings (SSSR count). The molecule has 2 heterocycles. The van der Waals surface area contributed by atoms with Crippen LogP contribution in [0, 0.1) is 6.92 Å². The van der Waals surface area contributed by atoms with Gasteiger partial charge in [-0.05, 0) is 47.9 Å². The number of aryl methyl sites for hydroxylation is 1. The molecule has 2 aromatic heterocycles. The van der Waals surface area contributed by atoms with Crippen LogP contribution in [-0.2, 0) is 0 Å². The Hall–Kier alpha value is -3.40. The first kappa shape index (κ1) is 15.1. The van der Waals surface area contributed by atoms with Crippen molar-refractivity contribution in [3.05, 3.63) is 78.1 Å². The molecule has 25 heavy (non-hydrogen) atoms. The standard InChI is InChI=1S/C21H17N3O/c1-13-2-4-15(5-3-13)19-12-18-16(14-8-10-23-11-9-14)6-7-17(21(22)25)20(18)24-19/h2-12,24H,1H3,(H2,22,25). The number of carbonyl (C=O) groups excluding carboxylic acids is 1. The van der Waals surface area contributed by atoms with Crippen LogP contribution in [0.3, 0.4) is 0 Å². The normalized spacial score (nSPS) is 10.9. The van der Waals surface area contributed by atoms with Gasteiger partial charge in [0.05, 0.1) is 11.1 Å². The number of pyridine rings is 1. The number of fused-ring (bicyclic) bond motifs is 1. The first-order valence-corrected chi connectivity index (χ1v) is 8.06. The molecule has 0 fully saturated rings. The molecule has 4 nitrogen and oxygen atoms in total. The maximum atomic E-state index is 11.8. The molecule has 0 spiro atoms. The molecule has 0 aliphatic rings. The third-order valence-corrected chi connectivity index (χ3v) is 4.41. The van der Waals surface area contributed by atoms with E-state index in [-0.39, 0.29) is 0 Å². The van der Waals surface area contributed by atoms with E-state index in [1.807, 2.05) is 18.2 Å². The second kappa shape index (κ2) is 5.91. The van der Waals surface area contributed by atoms with Crippen molar-refractivity contribution < 1.29 is 4.79 Å². The second-order valence-corrected chi connectivity index (χ2v) is 6.10. The van der Waals surface area contributed by atoms with E-state index in [0.29, 0.717) is 5.56 Å². The molecular weight excluding hydrogens is 310 g/mol. The zero-order valence-electron chi connectivity index (χ0n) is 13.8. The molecule has 0 aliphatic heterocycles. The number of aromatic amines is 1. The zero-order valence-corrected chi connectivity index (χ0v) is 13.8. The Morgan fingerprint density at radius 2 is 1.68 bits per heavy atom. The maximum Gasteiger partial charge on any atom is 0.250 e.